The summed E-state index contributed by atoms with van der Waals surface area (Å²) in [6, 6.07) is 3.81. The van der Waals surface area contributed by atoms with Crippen LogP contribution in [0, 0.1) is 0 Å². The van der Waals surface area contributed by atoms with Crippen molar-refractivity contribution in [1.29, 1.82) is 0 Å². The van der Waals surface area contributed by atoms with E-state index >= 15 is 0 Å². The summed E-state index contributed by atoms with van der Waals surface area (Å²) in [6.07, 6.45) is 2.98. The second-order valence-corrected chi connectivity index (χ2v) is 5.67. The summed E-state index contributed by atoms with van der Waals surface area (Å²) in [7, 11) is 0. The number of ether oxygens (including phenoxy) is 2. The van der Waals surface area contributed by atoms with Crippen molar-refractivity contribution in [3.8, 4) is 5.88 Å². The van der Waals surface area contributed by atoms with Crippen molar-refractivity contribution in [1.82, 2.24) is 4.98 Å². The number of hydrogen-bond donors (Lipinski definition) is 0. The fourth-order valence-electron chi connectivity index (χ4n) is 1.81. The second-order valence-electron chi connectivity index (χ2n) is 5.29. The minimum absolute atomic E-state index is 0.279. The molecule has 0 saturated heterocycles. The predicted octanol–water partition coefficient (Wildman–Crippen LogP) is 3.72. The topological polar surface area (TPSA) is 31.4 Å². The van der Waals surface area contributed by atoms with Crippen molar-refractivity contribution >= 4 is 17.2 Å². The van der Waals surface area contributed by atoms with Gasteiger partial charge in [0.15, 0.2) is 0 Å². The third-order valence-corrected chi connectivity index (χ3v) is 2.71. The molecule has 1 aromatic heterocycles. The first-order chi connectivity index (χ1) is 8.44. The Bertz CT molecular complexity index is 463. The van der Waals surface area contributed by atoms with Crippen molar-refractivity contribution in [3.63, 3.8) is 0 Å². The Morgan fingerprint density at radius 3 is 2.72 bits per heavy atom. The van der Waals surface area contributed by atoms with Crippen LogP contribution in [0.25, 0.3) is 5.57 Å². The molecule has 0 atom stereocenters. The van der Waals surface area contributed by atoms with Crippen molar-refractivity contribution < 1.29 is 9.47 Å². The van der Waals surface area contributed by atoms with E-state index in [-0.39, 0.29) is 5.60 Å². The Morgan fingerprint density at radius 1 is 1.33 bits per heavy atom. The number of nitrogens with zero attached hydrogens (tertiary/aromatic N) is 1. The molecule has 0 aliphatic carbocycles. The minimum atomic E-state index is -0.279. The first kappa shape index (κ1) is 13.4. The number of hydrogen-bond acceptors (Lipinski definition) is 3. The summed E-state index contributed by atoms with van der Waals surface area (Å²) in [5, 5.41) is 0.458. The van der Waals surface area contributed by atoms with E-state index in [0.717, 1.165) is 18.6 Å². The van der Waals surface area contributed by atoms with Gasteiger partial charge in [-0.3, -0.25) is 0 Å². The van der Waals surface area contributed by atoms with Crippen LogP contribution in [0.2, 0.25) is 5.15 Å². The molecular weight excluding hydrogens is 250 g/mol. The maximum absolute atomic E-state index is 6.05. The molecule has 0 saturated carbocycles. The molecule has 1 aromatic rings. The maximum Gasteiger partial charge on any atom is 0.215 e. The van der Waals surface area contributed by atoms with Crippen molar-refractivity contribution in [2.24, 2.45) is 0 Å². The first-order valence-electron chi connectivity index (χ1n) is 6.08. The summed E-state index contributed by atoms with van der Waals surface area (Å²) >= 11 is 6.05. The number of rotatable bonds is 2. The Morgan fingerprint density at radius 2 is 2.11 bits per heavy atom. The van der Waals surface area contributed by atoms with Crippen LogP contribution in [-0.2, 0) is 4.74 Å². The molecule has 0 bridgehead atoms. The van der Waals surface area contributed by atoms with Gasteiger partial charge in [-0.05, 0) is 44.4 Å². The van der Waals surface area contributed by atoms with E-state index in [1.807, 2.05) is 32.9 Å². The lowest BCUT2D eigenvalue weighted by atomic mass is 10.0. The summed E-state index contributed by atoms with van der Waals surface area (Å²) in [5.41, 5.74) is 2.03. The third kappa shape index (κ3) is 3.72. The molecule has 0 unspecified atom stereocenters. The SMILES string of the molecule is CC(C)(C)Oc1cc(C2=CCOCC2)cc(Cl)n1. The van der Waals surface area contributed by atoms with Crippen LogP contribution in [0.4, 0.5) is 0 Å². The van der Waals surface area contributed by atoms with Gasteiger partial charge in [0.05, 0.1) is 13.2 Å². The molecule has 1 aliphatic heterocycles. The van der Waals surface area contributed by atoms with Crippen LogP contribution in [0.5, 0.6) is 5.88 Å². The van der Waals surface area contributed by atoms with Crippen LogP contribution in [0.1, 0.15) is 32.8 Å². The van der Waals surface area contributed by atoms with Gasteiger partial charge in [-0.1, -0.05) is 17.7 Å². The largest absolute Gasteiger partial charge is 0.472 e. The third-order valence-electron chi connectivity index (χ3n) is 2.52. The van der Waals surface area contributed by atoms with E-state index in [9.17, 15) is 0 Å². The Kier molecular flexibility index (Phi) is 3.93. The van der Waals surface area contributed by atoms with Crippen molar-refractivity contribution in [2.45, 2.75) is 32.8 Å². The summed E-state index contributed by atoms with van der Waals surface area (Å²) in [5.74, 6) is 0.567. The fraction of sp³-hybridized carbons (Fsp3) is 0.500. The van der Waals surface area contributed by atoms with Gasteiger partial charge in [-0.25, -0.2) is 4.98 Å². The predicted molar refractivity (Wildman–Crippen MR) is 73.0 cm³/mol. The fourth-order valence-corrected chi connectivity index (χ4v) is 2.01. The smallest absolute Gasteiger partial charge is 0.215 e. The lowest BCUT2D eigenvalue weighted by molar-refractivity contribution is 0.124. The maximum atomic E-state index is 6.05. The van der Waals surface area contributed by atoms with E-state index in [0.29, 0.717) is 17.6 Å². The first-order valence-corrected chi connectivity index (χ1v) is 6.45. The molecule has 0 spiro atoms. The van der Waals surface area contributed by atoms with Gasteiger partial charge < -0.3 is 9.47 Å². The zero-order valence-electron chi connectivity index (χ0n) is 11.0. The lowest BCUT2D eigenvalue weighted by Gasteiger charge is -2.21. The average molecular weight is 268 g/mol. The molecule has 4 heteroatoms. The van der Waals surface area contributed by atoms with E-state index in [1.165, 1.54) is 5.57 Å². The monoisotopic (exact) mass is 267 g/mol. The second kappa shape index (κ2) is 5.29. The zero-order valence-corrected chi connectivity index (χ0v) is 11.8. The average Bonchev–Trinajstić information content (AvgIpc) is 2.27. The van der Waals surface area contributed by atoms with Gasteiger partial charge in [0, 0.05) is 6.07 Å². The van der Waals surface area contributed by atoms with Crippen LogP contribution in [0.3, 0.4) is 0 Å². The molecule has 2 rings (SSSR count). The molecule has 0 aromatic carbocycles. The Labute approximate surface area is 113 Å². The molecule has 0 amide bonds. The number of aromatic nitrogens is 1. The van der Waals surface area contributed by atoms with Gasteiger partial charge in [-0.15, -0.1) is 0 Å². The van der Waals surface area contributed by atoms with Crippen molar-refractivity contribution in [2.75, 3.05) is 13.2 Å². The van der Waals surface area contributed by atoms with Crippen molar-refractivity contribution in [3.05, 3.63) is 28.9 Å². The highest BCUT2D eigenvalue weighted by Crippen LogP contribution is 2.27. The van der Waals surface area contributed by atoms with Gasteiger partial charge >= 0.3 is 0 Å². The normalized spacial score (nSPS) is 16.3. The summed E-state index contributed by atoms with van der Waals surface area (Å²) in [6.45, 7) is 7.38. The van der Waals surface area contributed by atoms with Gasteiger partial charge in [-0.2, -0.15) is 0 Å². The summed E-state index contributed by atoms with van der Waals surface area (Å²) in [4.78, 5) is 4.20. The molecular formula is C14H18ClNO2. The molecule has 98 valence electrons. The van der Waals surface area contributed by atoms with Gasteiger partial charge in [0.1, 0.15) is 10.8 Å². The highest BCUT2D eigenvalue weighted by atomic mass is 35.5. The minimum Gasteiger partial charge on any atom is -0.472 e. The van der Waals surface area contributed by atoms with Gasteiger partial charge in [0.2, 0.25) is 5.88 Å². The molecule has 3 nitrogen and oxygen atoms in total. The van der Waals surface area contributed by atoms with Gasteiger partial charge in [0.25, 0.3) is 0 Å². The standard InChI is InChI=1S/C14H18ClNO2/c1-14(2,3)18-13-9-11(8-12(15)16-13)10-4-6-17-7-5-10/h4,8-9H,5-7H2,1-3H3. The molecule has 0 fully saturated rings. The van der Waals surface area contributed by atoms with Crippen LogP contribution in [-0.4, -0.2) is 23.8 Å². The molecule has 0 radical (unpaired) electrons. The number of pyridine rings is 1. The molecule has 1 aliphatic rings. The molecule has 0 N–H and O–H groups in total. The Hall–Kier alpha value is -1.06. The van der Waals surface area contributed by atoms with E-state index in [1.54, 1.807) is 0 Å². The highest BCUT2D eigenvalue weighted by molar-refractivity contribution is 6.29. The zero-order chi connectivity index (χ0) is 13.2. The molecule has 18 heavy (non-hydrogen) atoms. The van der Waals surface area contributed by atoms with E-state index < -0.39 is 0 Å². The van der Waals surface area contributed by atoms with Crippen LogP contribution < -0.4 is 4.74 Å². The van der Waals surface area contributed by atoms with E-state index in [2.05, 4.69) is 11.1 Å². The lowest BCUT2D eigenvalue weighted by Crippen LogP contribution is -2.23. The van der Waals surface area contributed by atoms with Crippen LogP contribution in [0.15, 0.2) is 18.2 Å². The quantitative estimate of drug-likeness (QED) is 0.766. The van der Waals surface area contributed by atoms with E-state index in [4.69, 9.17) is 21.1 Å². The summed E-state index contributed by atoms with van der Waals surface area (Å²) < 4.78 is 11.1. The van der Waals surface area contributed by atoms with Crippen LogP contribution >= 0.6 is 11.6 Å². The molecule has 2 heterocycles. The highest BCUT2D eigenvalue weighted by Gasteiger charge is 2.15. The Balaban J connectivity index is 2.29. The number of halogens is 1.